The van der Waals surface area contributed by atoms with Gasteiger partial charge in [-0.3, -0.25) is 4.79 Å². The molecular weight excluding hydrogens is 196 g/mol. The molecule has 16 heavy (non-hydrogen) atoms. The number of carbonyl (C=O) groups excluding carboxylic acids is 1. The van der Waals surface area contributed by atoms with Gasteiger partial charge in [-0.05, 0) is 58.1 Å². The molecule has 2 aliphatic carbocycles. The van der Waals surface area contributed by atoms with Crippen LogP contribution in [0.15, 0.2) is 34.4 Å². The average Bonchev–Trinajstić information content (AvgIpc) is 2.21. The number of hydrogen-bond acceptors (Lipinski definition) is 1. The van der Waals surface area contributed by atoms with E-state index in [1.807, 2.05) is 13.8 Å². The first-order valence-corrected chi connectivity index (χ1v) is 6.02. The van der Waals surface area contributed by atoms with Crippen LogP contribution in [0, 0.1) is 5.41 Å². The number of ketones is 1. The largest absolute Gasteiger partial charge is 0.289 e. The Morgan fingerprint density at radius 2 is 1.56 bits per heavy atom. The van der Waals surface area contributed by atoms with Crippen LogP contribution in [0.4, 0.5) is 0 Å². The minimum absolute atomic E-state index is 0.131. The summed E-state index contributed by atoms with van der Waals surface area (Å²) in [6.07, 6.45) is 7.78. The molecule has 0 saturated heterocycles. The molecule has 2 aliphatic rings. The maximum absolute atomic E-state index is 11.7. The molecule has 0 aliphatic heterocycles. The number of rotatable bonds is 0. The van der Waals surface area contributed by atoms with Crippen LogP contribution in [0.3, 0.4) is 0 Å². The van der Waals surface area contributed by atoms with Crippen molar-refractivity contribution >= 4 is 5.78 Å². The molecule has 86 valence electrons. The number of allylic oxidation sites excluding steroid dienone is 6. The Hall–Kier alpha value is -1.11. The van der Waals surface area contributed by atoms with Gasteiger partial charge in [0.25, 0.3) is 0 Å². The summed E-state index contributed by atoms with van der Waals surface area (Å²) < 4.78 is 0. The van der Waals surface area contributed by atoms with E-state index in [4.69, 9.17) is 0 Å². The summed E-state index contributed by atoms with van der Waals surface area (Å²) in [7, 11) is 0. The van der Waals surface area contributed by atoms with E-state index in [9.17, 15) is 4.79 Å². The van der Waals surface area contributed by atoms with Gasteiger partial charge in [-0.1, -0.05) is 23.3 Å². The second kappa shape index (κ2) is 3.73. The highest BCUT2D eigenvalue weighted by molar-refractivity contribution is 6.08. The number of hydrogen-bond donors (Lipinski definition) is 0. The summed E-state index contributed by atoms with van der Waals surface area (Å²) in [5, 5.41) is 0. The minimum atomic E-state index is 0.131. The summed E-state index contributed by atoms with van der Waals surface area (Å²) in [5.41, 5.74) is 5.00. The number of Topliss-reactive ketones (excluding diaryl/α,β-unsaturated/α-hetero) is 1. The monoisotopic (exact) mass is 216 g/mol. The Kier molecular flexibility index (Phi) is 2.65. The molecule has 0 amide bonds. The molecule has 0 N–H and O–H groups in total. The van der Waals surface area contributed by atoms with Crippen molar-refractivity contribution in [1.29, 1.82) is 0 Å². The first kappa shape index (κ1) is 11.4. The fourth-order valence-electron chi connectivity index (χ4n) is 2.96. The molecule has 0 saturated carbocycles. The van der Waals surface area contributed by atoms with Crippen molar-refractivity contribution in [3.8, 4) is 0 Å². The van der Waals surface area contributed by atoms with Gasteiger partial charge in [0.2, 0.25) is 0 Å². The van der Waals surface area contributed by atoms with E-state index < -0.39 is 0 Å². The number of carbonyl (C=O) groups is 1. The predicted octanol–water partition coefficient (Wildman–Crippen LogP) is 3.97. The van der Waals surface area contributed by atoms with E-state index in [2.05, 4.69) is 26.0 Å². The van der Waals surface area contributed by atoms with E-state index >= 15 is 0 Å². The van der Waals surface area contributed by atoms with Crippen molar-refractivity contribution in [1.82, 2.24) is 0 Å². The Bertz CT molecular complexity index is 410. The fourth-order valence-corrected chi connectivity index (χ4v) is 2.96. The highest BCUT2D eigenvalue weighted by Crippen LogP contribution is 2.44. The molecule has 1 heteroatoms. The van der Waals surface area contributed by atoms with Crippen LogP contribution in [0.1, 0.15) is 47.0 Å². The first-order valence-electron chi connectivity index (χ1n) is 6.02. The second-order valence-electron chi connectivity index (χ2n) is 5.45. The molecular formula is C15H20O. The molecule has 0 unspecified atom stereocenters. The van der Waals surface area contributed by atoms with Crippen LogP contribution in [-0.4, -0.2) is 5.78 Å². The molecule has 1 spiro atoms. The van der Waals surface area contributed by atoms with Crippen LogP contribution < -0.4 is 0 Å². The van der Waals surface area contributed by atoms with E-state index in [0.29, 0.717) is 0 Å². The molecule has 0 aromatic carbocycles. The zero-order valence-corrected chi connectivity index (χ0v) is 10.7. The minimum Gasteiger partial charge on any atom is -0.289 e. The Balaban J connectivity index is 2.39. The molecule has 0 bridgehead atoms. The van der Waals surface area contributed by atoms with Crippen molar-refractivity contribution < 1.29 is 4.79 Å². The van der Waals surface area contributed by atoms with Gasteiger partial charge in [0.05, 0.1) is 0 Å². The lowest BCUT2D eigenvalue weighted by Gasteiger charge is -2.36. The third-order valence-electron chi connectivity index (χ3n) is 4.01. The SMILES string of the molecule is CC1=CC2(C=C(C)C1=O)CCC(C)=C(C)C2. The summed E-state index contributed by atoms with van der Waals surface area (Å²) in [4.78, 5) is 11.7. The molecule has 1 nitrogen and oxygen atoms in total. The highest BCUT2D eigenvalue weighted by atomic mass is 16.1. The van der Waals surface area contributed by atoms with Gasteiger partial charge >= 0.3 is 0 Å². The molecule has 0 heterocycles. The maximum atomic E-state index is 11.7. The molecule has 0 aromatic rings. The van der Waals surface area contributed by atoms with Crippen molar-refractivity contribution in [2.24, 2.45) is 5.41 Å². The van der Waals surface area contributed by atoms with E-state index in [0.717, 1.165) is 30.4 Å². The Labute approximate surface area is 97.9 Å². The smallest absolute Gasteiger partial charge is 0.183 e. The maximum Gasteiger partial charge on any atom is 0.183 e. The van der Waals surface area contributed by atoms with Crippen molar-refractivity contribution in [2.45, 2.75) is 47.0 Å². The van der Waals surface area contributed by atoms with Crippen LogP contribution >= 0.6 is 0 Å². The zero-order valence-electron chi connectivity index (χ0n) is 10.7. The Morgan fingerprint density at radius 1 is 1.00 bits per heavy atom. The van der Waals surface area contributed by atoms with E-state index in [1.54, 1.807) is 0 Å². The molecule has 0 radical (unpaired) electrons. The third kappa shape index (κ3) is 1.79. The quantitative estimate of drug-likeness (QED) is 0.560. The topological polar surface area (TPSA) is 17.1 Å². The van der Waals surface area contributed by atoms with Crippen molar-refractivity contribution in [3.05, 3.63) is 34.4 Å². The van der Waals surface area contributed by atoms with Crippen molar-refractivity contribution in [2.75, 3.05) is 0 Å². The summed E-state index contributed by atoms with van der Waals surface area (Å²) in [6.45, 7) is 8.34. The Morgan fingerprint density at radius 3 is 2.06 bits per heavy atom. The molecule has 2 rings (SSSR count). The van der Waals surface area contributed by atoms with Gasteiger partial charge in [-0.15, -0.1) is 0 Å². The lowest BCUT2D eigenvalue weighted by atomic mass is 9.68. The standard InChI is InChI=1S/C15H20O/c1-10-5-6-15(7-11(10)2)8-12(3)14(16)13(4)9-15/h8-9H,5-7H2,1-4H3. The lowest BCUT2D eigenvalue weighted by molar-refractivity contribution is -0.112. The average molecular weight is 216 g/mol. The van der Waals surface area contributed by atoms with Crippen molar-refractivity contribution in [3.63, 3.8) is 0 Å². The van der Waals surface area contributed by atoms with Gasteiger partial charge in [0.1, 0.15) is 0 Å². The fraction of sp³-hybridized carbons (Fsp3) is 0.533. The van der Waals surface area contributed by atoms with Crippen LogP contribution in [0.25, 0.3) is 0 Å². The van der Waals surface area contributed by atoms with Gasteiger partial charge < -0.3 is 0 Å². The highest BCUT2D eigenvalue weighted by Gasteiger charge is 2.33. The van der Waals surface area contributed by atoms with Gasteiger partial charge in [0, 0.05) is 5.41 Å². The van der Waals surface area contributed by atoms with E-state index in [-0.39, 0.29) is 11.2 Å². The predicted molar refractivity (Wildman–Crippen MR) is 67.2 cm³/mol. The van der Waals surface area contributed by atoms with E-state index in [1.165, 1.54) is 11.1 Å². The molecule has 0 atom stereocenters. The molecule has 0 aromatic heterocycles. The summed E-state index contributed by atoms with van der Waals surface area (Å²) in [6, 6.07) is 0. The van der Waals surface area contributed by atoms with Crippen LogP contribution in [0.5, 0.6) is 0 Å². The van der Waals surface area contributed by atoms with Gasteiger partial charge in [-0.25, -0.2) is 0 Å². The van der Waals surface area contributed by atoms with Gasteiger partial charge in [0.15, 0.2) is 5.78 Å². The normalized spacial score (nSPS) is 24.6. The zero-order chi connectivity index (χ0) is 11.9. The van der Waals surface area contributed by atoms with Crippen LogP contribution in [-0.2, 0) is 4.79 Å². The second-order valence-corrected chi connectivity index (χ2v) is 5.45. The lowest BCUT2D eigenvalue weighted by Crippen LogP contribution is -2.26. The summed E-state index contributed by atoms with van der Waals surface area (Å²) >= 11 is 0. The van der Waals surface area contributed by atoms with Gasteiger partial charge in [-0.2, -0.15) is 0 Å². The summed E-state index contributed by atoms with van der Waals surface area (Å²) in [5.74, 6) is 0.217. The third-order valence-corrected chi connectivity index (χ3v) is 4.01. The van der Waals surface area contributed by atoms with Crippen LogP contribution in [0.2, 0.25) is 0 Å². The molecule has 0 fully saturated rings. The first-order chi connectivity index (χ1) is 7.43.